The van der Waals surface area contributed by atoms with Gasteiger partial charge in [0.15, 0.2) is 0 Å². The molecule has 0 bridgehead atoms. The van der Waals surface area contributed by atoms with Crippen LogP contribution in [0.4, 0.5) is 0 Å². The molecule has 8 atom stereocenters. The van der Waals surface area contributed by atoms with Crippen LogP contribution in [0.1, 0.15) is 83.1 Å². The number of allylic oxidation sites excluding steroid dienone is 2. The molecule has 6 aliphatic rings. The van der Waals surface area contributed by atoms with Crippen molar-refractivity contribution >= 4 is 23.7 Å². The molecule has 214 valence electrons. The number of likely N-dealkylation sites (tertiary alicyclic amines) is 1. The van der Waals surface area contributed by atoms with Crippen LogP contribution >= 0.6 is 11.8 Å². The van der Waals surface area contributed by atoms with Crippen LogP contribution in [0.3, 0.4) is 0 Å². The Bertz CT molecular complexity index is 1100. The van der Waals surface area contributed by atoms with Gasteiger partial charge in [0, 0.05) is 23.0 Å². The van der Waals surface area contributed by atoms with Gasteiger partial charge in [0.25, 0.3) is 0 Å². The van der Waals surface area contributed by atoms with Crippen molar-refractivity contribution in [3.05, 3.63) is 35.8 Å². The van der Waals surface area contributed by atoms with Crippen molar-refractivity contribution in [3.63, 3.8) is 0 Å². The zero-order valence-electron chi connectivity index (χ0n) is 23.3. The van der Waals surface area contributed by atoms with E-state index >= 15 is 0 Å². The molecule has 5 fully saturated rings. The Morgan fingerprint density at radius 2 is 1.87 bits per heavy atom. The van der Waals surface area contributed by atoms with E-state index in [1.807, 2.05) is 18.1 Å². The second kappa shape index (κ2) is 10.3. The maximum Gasteiger partial charge on any atom is 0.414 e. The molecule has 4 aliphatic carbocycles. The molecule has 7 rings (SSSR count). The lowest BCUT2D eigenvalue weighted by molar-refractivity contribution is -0.159. The van der Waals surface area contributed by atoms with Crippen molar-refractivity contribution < 1.29 is 29.0 Å². The highest BCUT2D eigenvalue weighted by Gasteiger charge is 2.80. The molecule has 8 heteroatoms. The summed E-state index contributed by atoms with van der Waals surface area (Å²) < 4.78 is 12.2. The zero-order valence-corrected chi connectivity index (χ0v) is 24.1. The normalized spacial score (nSPS) is 42.2. The monoisotopic (exact) mass is 557 g/mol. The highest BCUT2D eigenvalue weighted by molar-refractivity contribution is 7.99. The molecule has 3 saturated carbocycles. The number of furan rings is 1. The summed E-state index contributed by atoms with van der Waals surface area (Å²) in [4.78, 5) is 20.9. The number of fused-ring (bicyclic) bond motifs is 3. The largest absolute Gasteiger partial charge is 0.473 e. The predicted molar refractivity (Wildman–Crippen MR) is 150 cm³/mol. The highest BCUT2D eigenvalue weighted by atomic mass is 32.2. The Hall–Kier alpha value is -1.77. The first kappa shape index (κ1) is 27.4. The lowest BCUT2D eigenvalue weighted by Gasteiger charge is -2.58. The fourth-order valence-corrected chi connectivity index (χ4v) is 10.8. The molecule has 7 nitrogen and oxygen atoms in total. The Labute approximate surface area is 235 Å². The Balaban J connectivity index is 0.000000418. The number of carbonyl (C=O) groups is 2. The first-order valence-corrected chi connectivity index (χ1v) is 15.9. The second-order valence-corrected chi connectivity index (χ2v) is 14.6. The van der Waals surface area contributed by atoms with Gasteiger partial charge in [-0.3, -0.25) is 0 Å². The Morgan fingerprint density at radius 3 is 2.56 bits per heavy atom. The minimum atomic E-state index is -1.82. The average Bonchev–Trinajstić information content (AvgIpc) is 3.32. The number of rotatable bonds is 5. The summed E-state index contributed by atoms with van der Waals surface area (Å²) in [6, 6.07) is 2.21. The minimum Gasteiger partial charge on any atom is -0.473 e. The van der Waals surface area contributed by atoms with Gasteiger partial charge in [0.05, 0.1) is 18.6 Å². The van der Waals surface area contributed by atoms with Crippen LogP contribution in [-0.4, -0.2) is 69.4 Å². The fourth-order valence-electron chi connectivity index (χ4n) is 9.54. The van der Waals surface area contributed by atoms with Crippen molar-refractivity contribution in [2.75, 3.05) is 25.4 Å². The quantitative estimate of drug-likeness (QED) is 0.266. The molecule has 2 N–H and O–H groups in total. The molecule has 0 radical (unpaired) electrons. The van der Waals surface area contributed by atoms with Gasteiger partial charge in [-0.1, -0.05) is 25.5 Å². The van der Waals surface area contributed by atoms with Crippen LogP contribution in [0.15, 0.2) is 34.7 Å². The Morgan fingerprint density at radius 1 is 1.10 bits per heavy atom. The van der Waals surface area contributed by atoms with E-state index in [9.17, 15) is 0 Å². The number of nitrogens with zero attached hydrogens (tertiary/aromatic N) is 1. The van der Waals surface area contributed by atoms with Crippen molar-refractivity contribution in [1.29, 1.82) is 0 Å². The summed E-state index contributed by atoms with van der Waals surface area (Å²) in [6.45, 7) is 9.18. The third-order valence-corrected chi connectivity index (χ3v) is 12.9. The van der Waals surface area contributed by atoms with Crippen LogP contribution in [0.2, 0.25) is 0 Å². The van der Waals surface area contributed by atoms with Gasteiger partial charge < -0.3 is 24.3 Å². The van der Waals surface area contributed by atoms with Crippen molar-refractivity contribution in [2.24, 2.45) is 22.7 Å². The van der Waals surface area contributed by atoms with E-state index in [1.54, 1.807) is 0 Å². The maximum atomic E-state index is 9.10. The van der Waals surface area contributed by atoms with Gasteiger partial charge in [-0.25, -0.2) is 9.59 Å². The van der Waals surface area contributed by atoms with Crippen LogP contribution in [0.5, 0.6) is 0 Å². The molecule has 0 unspecified atom stereocenters. The van der Waals surface area contributed by atoms with E-state index < -0.39 is 11.9 Å². The van der Waals surface area contributed by atoms with Crippen LogP contribution in [0, 0.1) is 22.7 Å². The summed E-state index contributed by atoms with van der Waals surface area (Å²) >= 11 is 2.27. The lowest BCUT2D eigenvalue weighted by atomic mass is 9.46. The first-order valence-electron chi connectivity index (χ1n) is 14.9. The van der Waals surface area contributed by atoms with Crippen LogP contribution in [-0.2, 0) is 14.3 Å². The van der Waals surface area contributed by atoms with E-state index in [0.717, 1.165) is 11.2 Å². The topological polar surface area (TPSA) is 104 Å². The van der Waals surface area contributed by atoms with Gasteiger partial charge >= 0.3 is 11.9 Å². The minimum absolute atomic E-state index is 0.129. The number of epoxide rings is 1. The number of aliphatic carboxylic acids is 2. The molecule has 0 amide bonds. The summed E-state index contributed by atoms with van der Waals surface area (Å²) in [6.07, 6.45) is 19.2. The van der Waals surface area contributed by atoms with Crippen molar-refractivity contribution in [3.8, 4) is 0 Å². The van der Waals surface area contributed by atoms with Gasteiger partial charge in [-0.15, -0.1) is 0 Å². The van der Waals surface area contributed by atoms with E-state index in [1.165, 1.54) is 88.7 Å². The van der Waals surface area contributed by atoms with E-state index in [2.05, 4.69) is 42.7 Å². The third-order valence-electron chi connectivity index (χ3n) is 11.6. The fraction of sp³-hybridized carbons (Fsp3) is 0.742. The standard InChI is InChI=1S/C29H41NO2S.C2H2O4/c1-27-10-7-22(33-16-14-30-12-3-4-13-30)17-21(27)5-6-24-23(27)8-11-28(2)25(20-9-15-31-19-20)18-26-29(24,28)32-26;3-1(4)2(5)6/h5,9,15,19,22-26H,3-4,6-8,10-14,16-18H2,1-2H3;(H,3,4)(H,5,6)/t22-,23-,24+,25+,26+,27-,28+,29+;/m0./s1. The number of carboxylic acids is 2. The van der Waals surface area contributed by atoms with Gasteiger partial charge in [0.1, 0.15) is 5.60 Å². The molecule has 1 spiro atoms. The first-order chi connectivity index (χ1) is 18.7. The SMILES string of the molecule is C[C@]12CC[C@H](SCCN3CCCC3)CC1=CC[C@@H]1[C@@H]2CC[C@]2(C)[C@@H](c3ccoc3)C[C@H]3O[C@]132.O=C(O)C(=O)O. The van der Waals surface area contributed by atoms with Gasteiger partial charge in [0.2, 0.25) is 0 Å². The second-order valence-electron chi connectivity index (χ2n) is 13.2. The molecule has 0 aromatic carbocycles. The molecule has 2 saturated heterocycles. The van der Waals surface area contributed by atoms with Crippen molar-refractivity contribution in [2.45, 2.75) is 94.5 Å². The predicted octanol–water partition coefficient (Wildman–Crippen LogP) is 5.81. The number of hydrogen-bond acceptors (Lipinski definition) is 6. The number of carboxylic acid groups (broad SMARTS) is 2. The number of thioether (sulfide) groups is 1. The van der Waals surface area contributed by atoms with Crippen LogP contribution < -0.4 is 0 Å². The summed E-state index contributed by atoms with van der Waals surface area (Å²) in [5, 5.41) is 15.6. The maximum absolute atomic E-state index is 9.10. The van der Waals surface area contributed by atoms with Gasteiger partial charge in [-0.2, -0.15) is 11.8 Å². The Kier molecular flexibility index (Phi) is 7.20. The molecule has 3 heterocycles. The highest BCUT2D eigenvalue weighted by Crippen LogP contribution is 2.77. The van der Waals surface area contributed by atoms with E-state index in [4.69, 9.17) is 29.0 Å². The smallest absolute Gasteiger partial charge is 0.414 e. The number of hydrogen-bond donors (Lipinski definition) is 2. The average molecular weight is 558 g/mol. The van der Waals surface area contributed by atoms with Crippen molar-refractivity contribution in [1.82, 2.24) is 4.90 Å². The summed E-state index contributed by atoms with van der Waals surface area (Å²) in [5.41, 5.74) is 4.04. The molecular formula is C31H43NO6S. The van der Waals surface area contributed by atoms with E-state index in [-0.39, 0.29) is 11.0 Å². The zero-order chi connectivity index (χ0) is 27.4. The van der Waals surface area contributed by atoms with Gasteiger partial charge in [-0.05, 0) is 106 Å². The molecular weight excluding hydrogens is 514 g/mol. The molecule has 2 aliphatic heterocycles. The number of ether oxygens (including phenoxy) is 1. The lowest BCUT2D eigenvalue weighted by Crippen LogP contribution is -2.55. The molecule has 39 heavy (non-hydrogen) atoms. The summed E-state index contributed by atoms with van der Waals surface area (Å²) in [5.74, 6) is -0.185. The summed E-state index contributed by atoms with van der Waals surface area (Å²) in [7, 11) is 0. The molecule has 1 aromatic rings. The molecule has 1 aromatic heterocycles. The third kappa shape index (κ3) is 4.49. The van der Waals surface area contributed by atoms with E-state index in [0.29, 0.717) is 23.4 Å². The van der Waals surface area contributed by atoms with Crippen LogP contribution in [0.25, 0.3) is 0 Å².